The Morgan fingerprint density at radius 1 is 1.21 bits per heavy atom. The molecule has 0 aliphatic rings. The highest BCUT2D eigenvalue weighted by Gasteiger charge is 2.29. The monoisotopic (exact) mass is 395 g/mol. The summed E-state index contributed by atoms with van der Waals surface area (Å²) in [6.07, 6.45) is 7.66. The van der Waals surface area contributed by atoms with Crippen LogP contribution in [0.3, 0.4) is 0 Å². The van der Waals surface area contributed by atoms with Crippen LogP contribution in [0.4, 0.5) is 0 Å². The molecule has 0 radical (unpaired) electrons. The molecule has 0 spiro atoms. The average Bonchev–Trinajstić information content (AvgIpc) is 2.62. The SMILES string of the molecule is C/C=C/C=C/C(=O)N[C@@H](CCCNC(N)=NC)C(=O)N[C@@H](CC(C)C)B(O)O. The first kappa shape index (κ1) is 25.7. The normalized spacial score (nSPS) is 14.3. The molecule has 10 heteroatoms. The van der Waals surface area contributed by atoms with E-state index >= 15 is 0 Å². The van der Waals surface area contributed by atoms with Gasteiger partial charge in [0.25, 0.3) is 0 Å². The first-order chi connectivity index (χ1) is 13.2. The number of hydrogen-bond donors (Lipinski definition) is 6. The van der Waals surface area contributed by atoms with Crippen LogP contribution in [-0.2, 0) is 9.59 Å². The number of aliphatic imine (C=N–C) groups is 1. The van der Waals surface area contributed by atoms with Crippen LogP contribution in [0.15, 0.2) is 29.3 Å². The molecule has 7 N–H and O–H groups in total. The van der Waals surface area contributed by atoms with Crippen molar-refractivity contribution in [2.75, 3.05) is 13.6 Å². The highest BCUT2D eigenvalue weighted by atomic mass is 16.4. The first-order valence-corrected chi connectivity index (χ1v) is 9.43. The third-order valence-electron chi connectivity index (χ3n) is 3.81. The summed E-state index contributed by atoms with van der Waals surface area (Å²) in [7, 11) is -0.121. The smallest absolute Gasteiger partial charge is 0.426 e. The van der Waals surface area contributed by atoms with Crippen molar-refractivity contribution < 1.29 is 19.6 Å². The number of carbonyl (C=O) groups excluding carboxylic acids is 2. The molecule has 0 saturated carbocycles. The molecule has 0 unspecified atom stereocenters. The second-order valence-electron chi connectivity index (χ2n) is 6.78. The quantitative estimate of drug-likeness (QED) is 0.0653. The van der Waals surface area contributed by atoms with Gasteiger partial charge in [-0.25, -0.2) is 0 Å². The molecule has 0 aliphatic heterocycles. The van der Waals surface area contributed by atoms with Gasteiger partial charge in [0, 0.05) is 19.7 Å². The zero-order valence-electron chi connectivity index (χ0n) is 17.2. The van der Waals surface area contributed by atoms with Gasteiger partial charge in [0.2, 0.25) is 11.8 Å². The number of allylic oxidation sites excluding steroid dienone is 3. The minimum absolute atomic E-state index is 0.157. The van der Waals surface area contributed by atoms with E-state index in [-0.39, 0.29) is 5.92 Å². The van der Waals surface area contributed by atoms with Crippen molar-refractivity contribution in [3.8, 4) is 0 Å². The van der Waals surface area contributed by atoms with Crippen molar-refractivity contribution in [3.63, 3.8) is 0 Å². The van der Waals surface area contributed by atoms with Gasteiger partial charge in [0.15, 0.2) is 5.96 Å². The molecule has 2 amide bonds. The van der Waals surface area contributed by atoms with Crippen LogP contribution in [-0.4, -0.2) is 60.5 Å². The summed E-state index contributed by atoms with van der Waals surface area (Å²) >= 11 is 0. The number of nitrogens with two attached hydrogens (primary N) is 1. The highest BCUT2D eigenvalue weighted by molar-refractivity contribution is 6.43. The molecule has 0 aromatic rings. The molecule has 0 bridgehead atoms. The Kier molecular flexibility index (Phi) is 13.5. The van der Waals surface area contributed by atoms with Gasteiger partial charge >= 0.3 is 7.12 Å². The fraction of sp³-hybridized carbons (Fsp3) is 0.611. The lowest BCUT2D eigenvalue weighted by molar-refractivity contribution is -0.127. The summed E-state index contributed by atoms with van der Waals surface area (Å²) < 4.78 is 0. The molecule has 9 nitrogen and oxygen atoms in total. The van der Waals surface area contributed by atoms with Crippen LogP contribution < -0.4 is 21.7 Å². The summed E-state index contributed by atoms with van der Waals surface area (Å²) in [4.78, 5) is 28.5. The molecule has 28 heavy (non-hydrogen) atoms. The fourth-order valence-electron chi connectivity index (χ4n) is 2.39. The topological polar surface area (TPSA) is 149 Å². The zero-order valence-corrected chi connectivity index (χ0v) is 17.2. The van der Waals surface area contributed by atoms with E-state index in [1.54, 1.807) is 25.3 Å². The Labute approximate surface area is 167 Å². The molecule has 2 atom stereocenters. The molecule has 158 valence electrons. The molecule has 0 aliphatic carbocycles. The van der Waals surface area contributed by atoms with Crippen molar-refractivity contribution in [2.24, 2.45) is 16.6 Å². The second kappa shape index (κ2) is 14.7. The lowest BCUT2D eigenvalue weighted by atomic mass is 9.75. The van der Waals surface area contributed by atoms with Gasteiger partial charge in [0.05, 0.1) is 5.94 Å². The number of nitrogens with one attached hydrogen (secondary N) is 3. The van der Waals surface area contributed by atoms with E-state index < -0.39 is 30.9 Å². The predicted molar refractivity (Wildman–Crippen MR) is 112 cm³/mol. The molecule has 0 fully saturated rings. The van der Waals surface area contributed by atoms with Crippen molar-refractivity contribution >= 4 is 24.9 Å². The molecule has 0 heterocycles. The van der Waals surface area contributed by atoms with Crippen molar-refractivity contribution in [3.05, 3.63) is 24.3 Å². The van der Waals surface area contributed by atoms with E-state index in [9.17, 15) is 19.6 Å². The van der Waals surface area contributed by atoms with E-state index in [1.165, 1.54) is 6.08 Å². The van der Waals surface area contributed by atoms with Crippen molar-refractivity contribution in [1.82, 2.24) is 16.0 Å². The Balaban J connectivity index is 5.00. The summed E-state index contributed by atoms with van der Waals surface area (Å²) in [6, 6.07) is -0.822. The van der Waals surface area contributed by atoms with Crippen molar-refractivity contribution in [2.45, 2.75) is 52.0 Å². The number of hydrogen-bond acceptors (Lipinski definition) is 5. The maximum absolute atomic E-state index is 12.6. The average molecular weight is 395 g/mol. The van der Waals surface area contributed by atoms with Gasteiger partial charge in [-0.1, -0.05) is 32.1 Å². The van der Waals surface area contributed by atoms with Gasteiger partial charge < -0.3 is 31.7 Å². The number of amides is 2. The standard InChI is InChI=1S/C18H34BN5O4/c1-5-6-7-10-16(25)23-14(9-8-11-22-18(20)21-4)17(26)24-15(19(27)28)12-13(2)3/h5-7,10,13-15,27-28H,8-9,11-12H2,1-4H3,(H,23,25)(H,24,26)(H3,20,21,22)/b6-5+,10-7+/t14-,15-/m0/s1. The Hall–Kier alpha value is -2.33. The van der Waals surface area contributed by atoms with E-state index in [0.717, 1.165) is 0 Å². The third-order valence-corrected chi connectivity index (χ3v) is 3.81. The Morgan fingerprint density at radius 3 is 2.43 bits per heavy atom. The molecular formula is C18H34BN5O4. The minimum Gasteiger partial charge on any atom is -0.426 e. The maximum Gasteiger partial charge on any atom is 0.475 e. The highest BCUT2D eigenvalue weighted by Crippen LogP contribution is 2.07. The summed E-state index contributed by atoms with van der Waals surface area (Å²) in [5.74, 6) is -1.25. The number of guanidine groups is 1. The molecule has 0 aromatic heterocycles. The van der Waals surface area contributed by atoms with Crippen LogP contribution in [0, 0.1) is 5.92 Å². The van der Waals surface area contributed by atoms with Gasteiger partial charge in [0.1, 0.15) is 6.04 Å². The number of nitrogens with zero attached hydrogens (tertiary/aromatic N) is 1. The van der Waals surface area contributed by atoms with Gasteiger partial charge in [-0.05, 0) is 32.1 Å². The van der Waals surface area contributed by atoms with Crippen LogP contribution in [0.2, 0.25) is 0 Å². The predicted octanol–water partition coefficient (Wildman–Crippen LogP) is -0.539. The second-order valence-corrected chi connectivity index (χ2v) is 6.78. The lowest BCUT2D eigenvalue weighted by Gasteiger charge is -2.24. The third kappa shape index (κ3) is 12.1. The van der Waals surface area contributed by atoms with Crippen LogP contribution in [0.1, 0.15) is 40.0 Å². The van der Waals surface area contributed by atoms with Crippen LogP contribution in [0.25, 0.3) is 0 Å². The molecule has 0 saturated heterocycles. The Morgan fingerprint density at radius 2 is 1.89 bits per heavy atom. The maximum atomic E-state index is 12.6. The first-order valence-electron chi connectivity index (χ1n) is 9.43. The number of carbonyl (C=O) groups is 2. The molecular weight excluding hydrogens is 361 g/mol. The van der Waals surface area contributed by atoms with E-state index in [0.29, 0.717) is 31.8 Å². The van der Waals surface area contributed by atoms with E-state index in [1.807, 2.05) is 20.8 Å². The minimum atomic E-state index is -1.68. The van der Waals surface area contributed by atoms with E-state index in [2.05, 4.69) is 20.9 Å². The largest absolute Gasteiger partial charge is 0.475 e. The summed E-state index contributed by atoms with van der Waals surface area (Å²) in [5.41, 5.74) is 5.56. The van der Waals surface area contributed by atoms with Crippen LogP contribution in [0.5, 0.6) is 0 Å². The van der Waals surface area contributed by atoms with E-state index in [4.69, 9.17) is 5.73 Å². The Bertz CT molecular complexity index is 564. The van der Waals surface area contributed by atoms with Gasteiger partial charge in [-0.15, -0.1) is 0 Å². The summed E-state index contributed by atoms with van der Waals surface area (Å²) in [5, 5.41) is 27.2. The fourth-order valence-corrected chi connectivity index (χ4v) is 2.39. The van der Waals surface area contributed by atoms with Gasteiger partial charge in [-0.3, -0.25) is 14.6 Å². The zero-order chi connectivity index (χ0) is 21.5. The van der Waals surface area contributed by atoms with Crippen LogP contribution >= 0.6 is 0 Å². The van der Waals surface area contributed by atoms with Gasteiger partial charge in [-0.2, -0.15) is 0 Å². The number of rotatable bonds is 12. The summed E-state index contributed by atoms with van der Waals surface area (Å²) in [6.45, 7) is 6.14. The van der Waals surface area contributed by atoms with Crippen molar-refractivity contribution in [1.29, 1.82) is 0 Å². The lowest BCUT2D eigenvalue weighted by Crippen LogP contribution is -2.54. The molecule has 0 aromatic carbocycles. The molecule has 0 rings (SSSR count).